The summed E-state index contributed by atoms with van der Waals surface area (Å²) in [5.74, 6) is 0.605. The SMILES string of the molecule is O=C(NCc1cc2cc(O)ccc2o1)c1cccnc1. The molecule has 0 unspecified atom stereocenters. The van der Waals surface area contributed by atoms with Gasteiger partial charge in [-0.1, -0.05) is 0 Å². The van der Waals surface area contributed by atoms with Crippen LogP contribution in [0.15, 0.2) is 53.2 Å². The second kappa shape index (κ2) is 5.05. The van der Waals surface area contributed by atoms with Crippen molar-refractivity contribution in [3.05, 3.63) is 60.1 Å². The molecule has 0 radical (unpaired) electrons. The predicted octanol–water partition coefficient (Wildman–Crippen LogP) is 2.46. The van der Waals surface area contributed by atoms with Gasteiger partial charge >= 0.3 is 0 Å². The van der Waals surface area contributed by atoms with Gasteiger partial charge in [0.2, 0.25) is 0 Å². The molecule has 3 rings (SSSR count). The first kappa shape index (κ1) is 12.2. The van der Waals surface area contributed by atoms with Gasteiger partial charge in [-0.05, 0) is 36.4 Å². The highest BCUT2D eigenvalue weighted by atomic mass is 16.3. The van der Waals surface area contributed by atoms with Crippen molar-refractivity contribution in [1.82, 2.24) is 10.3 Å². The number of furan rings is 1. The van der Waals surface area contributed by atoms with Gasteiger partial charge in [-0.15, -0.1) is 0 Å². The van der Waals surface area contributed by atoms with Crippen LogP contribution in [0.1, 0.15) is 16.1 Å². The zero-order valence-electron chi connectivity index (χ0n) is 10.5. The van der Waals surface area contributed by atoms with Crippen molar-refractivity contribution < 1.29 is 14.3 Å². The van der Waals surface area contributed by atoms with Crippen molar-refractivity contribution >= 4 is 16.9 Å². The summed E-state index contributed by atoms with van der Waals surface area (Å²) in [5.41, 5.74) is 1.18. The van der Waals surface area contributed by atoms with Gasteiger partial charge in [-0.25, -0.2) is 0 Å². The molecule has 0 aliphatic rings. The Morgan fingerprint density at radius 1 is 1.30 bits per heavy atom. The summed E-state index contributed by atoms with van der Waals surface area (Å²) >= 11 is 0. The number of nitrogens with one attached hydrogen (secondary N) is 1. The van der Waals surface area contributed by atoms with E-state index >= 15 is 0 Å². The number of phenols is 1. The molecule has 1 amide bonds. The van der Waals surface area contributed by atoms with Crippen LogP contribution in [0.4, 0.5) is 0 Å². The largest absolute Gasteiger partial charge is 0.508 e. The highest BCUT2D eigenvalue weighted by molar-refractivity contribution is 5.93. The first-order valence-electron chi connectivity index (χ1n) is 6.12. The third-order valence-corrected chi connectivity index (χ3v) is 2.90. The number of carbonyl (C=O) groups is 1. The lowest BCUT2D eigenvalue weighted by Gasteiger charge is -2.02. The molecule has 5 heteroatoms. The van der Waals surface area contributed by atoms with Crippen molar-refractivity contribution in [2.45, 2.75) is 6.54 Å². The number of hydrogen-bond donors (Lipinski definition) is 2. The first-order valence-corrected chi connectivity index (χ1v) is 6.12. The molecule has 0 aliphatic heterocycles. The van der Waals surface area contributed by atoms with E-state index in [9.17, 15) is 9.90 Å². The number of carbonyl (C=O) groups excluding carboxylic acids is 1. The van der Waals surface area contributed by atoms with Gasteiger partial charge in [0.1, 0.15) is 17.1 Å². The molecule has 0 saturated heterocycles. The quantitative estimate of drug-likeness (QED) is 0.765. The fourth-order valence-electron chi connectivity index (χ4n) is 1.94. The number of nitrogens with zero attached hydrogens (tertiary/aromatic N) is 1. The van der Waals surface area contributed by atoms with Crippen LogP contribution >= 0.6 is 0 Å². The number of phenolic OH excluding ortho intramolecular Hbond substituents is 1. The summed E-state index contributed by atoms with van der Waals surface area (Å²) < 4.78 is 5.57. The number of rotatable bonds is 3. The molecule has 2 N–H and O–H groups in total. The van der Waals surface area contributed by atoms with Gasteiger partial charge in [0.25, 0.3) is 5.91 Å². The predicted molar refractivity (Wildman–Crippen MR) is 73.3 cm³/mol. The van der Waals surface area contributed by atoms with Crippen molar-refractivity contribution in [3.63, 3.8) is 0 Å². The van der Waals surface area contributed by atoms with E-state index in [4.69, 9.17) is 4.42 Å². The van der Waals surface area contributed by atoms with Gasteiger partial charge in [0.05, 0.1) is 12.1 Å². The Kier molecular flexibility index (Phi) is 3.09. The zero-order chi connectivity index (χ0) is 13.9. The van der Waals surface area contributed by atoms with Gasteiger partial charge in [-0.3, -0.25) is 9.78 Å². The van der Waals surface area contributed by atoms with E-state index < -0.39 is 0 Å². The van der Waals surface area contributed by atoms with Crippen molar-refractivity contribution in [2.24, 2.45) is 0 Å². The van der Waals surface area contributed by atoms with E-state index in [-0.39, 0.29) is 18.2 Å². The van der Waals surface area contributed by atoms with Crippen molar-refractivity contribution in [2.75, 3.05) is 0 Å². The van der Waals surface area contributed by atoms with Crippen LogP contribution in [0.25, 0.3) is 11.0 Å². The first-order chi connectivity index (χ1) is 9.72. The molecule has 0 saturated carbocycles. The molecular formula is C15H12N2O3. The number of pyridine rings is 1. The molecule has 0 atom stereocenters. The van der Waals surface area contributed by atoms with Crippen LogP contribution < -0.4 is 5.32 Å². The lowest BCUT2D eigenvalue weighted by atomic mass is 10.2. The molecular weight excluding hydrogens is 256 g/mol. The van der Waals surface area contributed by atoms with Gasteiger partial charge in [-0.2, -0.15) is 0 Å². The molecule has 2 aromatic heterocycles. The lowest BCUT2D eigenvalue weighted by molar-refractivity contribution is 0.0948. The molecule has 100 valence electrons. The van der Waals surface area contributed by atoms with E-state index in [1.54, 1.807) is 42.6 Å². The maximum absolute atomic E-state index is 11.9. The Morgan fingerprint density at radius 3 is 3.00 bits per heavy atom. The molecule has 5 nitrogen and oxygen atoms in total. The summed E-state index contributed by atoms with van der Waals surface area (Å²) in [4.78, 5) is 15.7. The summed E-state index contributed by atoms with van der Waals surface area (Å²) in [6.07, 6.45) is 3.12. The van der Waals surface area contributed by atoms with Gasteiger partial charge < -0.3 is 14.8 Å². The second-order valence-corrected chi connectivity index (χ2v) is 4.36. The van der Waals surface area contributed by atoms with Crippen molar-refractivity contribution in [1.29, 1.82) is 0 Å². The lowest BCUT2D eigenvalue weighted by Crippen LogP contribution is -2.22. The molecule has 20 heavy (non-hydrogen) atoms. The van der Waals surface area contributed by atoms with Crippen LogP contribution in [-0.2, 0) is 6.54 Å². The number of amides is 1. The number of benzene rings is 1. The maximum Gasteiger partial charge on any atom is 0.253 e. The maximum atomic E-state index is 11.9. The average Bonchev–Trinajstić information content (AvgIpc) is 2.87. The summed E-state index contributed by atoms with van der Waals surface area (Å²) in [5, 5.41) is 12.9. The van der Waals surface area contributed by atoms with Crippen LogP contribution in [-0.4, -0.2) is 16.0 Å². The molecule has 0 spiro atoms. The Hall–Kier alpha value is -2.82. The van der Waals surface area contributed by atoms with Crippen LogP contribution in [0.5, 0.6) is 5.75 Å². The Labute approximate surface area is 114 Å². The number of hydrogen-bond acceptors (Lipinski definition) is 4. The zero-order valence-corrected chi connectivity index (χ0v) is 10.5. The van der Waals surface area contributed by atoms with E-state index in [2.05, 4.69) is 10.3 Å². The summed E-state index contributed by atoms with van der Waals surface area (Å²) in [6, 6.07) is 10.1. The average molecular weight is 268 g/mol. The molecule has 2 heterocycles. The van der Waals surface area contributed by atoms with E-state index in [0.29, 0.717) is 16.9 Å². The van der Waals surface area contributed by atoms with E-state index in [0.717, 1.165) is 5.39 Å². The molecule has 3 aromatic rings. The fraction of sp³-hybridized carbons (Fsp3) is 0.0667. The summed E-state index contributed by atoms with van der Waals surface area (Å²) in [6.45, 7) is 0.281. The Balaban J connectivity index is 1.72. The number of aromatic hydroxyl groups is 1. The smallest absolute Gasteiger partial charge is 0.253 e. The molecule has 0 fully saturated rings. The molecule has 0 bridgehead atoms. The van der Waals surface area contributed by atoms with E-state index in [1.807, 2.05) is 0 Å². The third-order valence-electron chi connectivity index (χ3n) is 2.90. The van der Waals surface area contributed by atoms with Gasteiger partial charge in [0.15, 0.2) is 0 Å². The fourth-order valence-corrected chi connectivity index (χ4v) is 1.94. The Bertz CT molecular complexity index is 750. The third kappa shape index (κ3) is 2.47. The normalized spacial score (nSPS) is 10.6. The van der Waals surface area contributed by atoms with Crippen LogP contribution in [0.3, 0.4) is 0 Å². The summed E-state index contributed by atoms with van der Waals surface area (Å²) in [7, 11) is 0. The molecule has 1 aromatic carbocycles. The minimum absolute atomic E-state index is 0.184. The number of aromatic nitrogens is 1. The monoisotopic (exact) mass is 268 g/mol. The van der Waals surface area contributed by atoms with Gasteiger partial charge in [0, 0.05) is 17.8 Å². The number of fused-ring (bicyclic) bond motifs is 1. The molecule has 0 aliphatic carbocycles. The highest BCUT2D eigenvalue weighted by Crippen LogP contribution is 2.23. The van der Waals surface area contributed by atoms with Crippen molar-refractivity contribution in [3.8, 4) is 5.75 Å². The van der Waals surface area contributed by atoms with Crippen LogP contribution in [0, 0.1) is 0 Å². The standard InChI is InChI=1S/C15H12N2O3/c18-12-3-4-14-11(6-12)7-13(20-14)9-17-15(19)10-2-1-5-16-8-10/h1-8,18H,9H2,(H,17,19). The second-order valence-electron chi connectivity index (χ2n) is 4.36. The minimum atomic E-state index is -0.207. The topological polar surface area (TPSA) is 75.4 Å². The minimum Gasteiger partial charge on any atom is -0.508 e. The Morgan fingerprint density at radius 2 is 2.20 bits per heavy atom. The highest BCUT2D eigenvalue weighted by Gasteiger charge is 2.08. The van der Waals surface area contributed by atoms with E-state index in [1.165, 1.54) is 6.20 Å². The van der Waals surface area contributed by atoms with Crippen LogP contribution in [0.2, 0.25) is 0 Å².